The molecule has 18 heavy (non-hydrogen) atoms. The summed E-state index contributed by atoms with van der Waals surface area (Å²) < 4.78 is 0. The Morgan fingerprint density at radius 3 is 2.83 bits per heavy atom. The van der Waals surface area contributed by atoms with Crippen molar-refractivity contribution < 1.29 is 9.90 Å². The molecular weight excluding hydrogens is 232 g/mol. The van der Waals surface area contributed by atoms with Crippen molar-refractivity contribution in [1.82, 2.24) is 9.97 Å². The second-order valence-corrected chi connectivity index (χ2v) is 4.47. The molecular formula is C12H14N4O2. The summed E-state index contributed by atoms with van der Waals surface area (Å²) in [7, 11) is 0. The van der Waals surface area contributed by atoms with Crippen molar-refractivity contribution in [2.24, 2.45) is 5.92 Å². The van der Waals surface area contributed by atoms with Crippen molar-refractivity contribution in [3.63, 3.8) is 0 Å². The molecule has 94 valence electrons. The molecule has 2 heterocycles. The van der Waals surface area contributed by atoms with E-state index in [9.17, 15) is 4.79 Å². The molecule has 0 radical (unpaired) electrons. The molecule has 0 bridgehead atoms. The van der Waals surface area contributed by atoms with Gasteiger partial charge in [-0.2, -0.15) is 5.26 Å². The zero-order valence-corrected chi connectivity index (χ0v) is 10.1. The third kappa shape index (κ3) is 2.40. The number of hydrogen-bond donors (Lipinski definition) is 1. The molecule has 2 atom stereocenters. The van der Waals surface area contributed by atoms with E-state index in [4.69, 9.17) is 10.4 Å². The van der Waals surface area contributed by atoms with E-state index in [0.717, 1.165) is 0 Å². The summed E-state index contributed by atoms with van der Waals surface area (Å²) >= 11 is 0. The predicted octanol–water partition coefficient (Wildman–Crippen LogP) is 1.04. The summed E-state index contributed by atoms with van der Waals surface area (Å²) in [6.07, 6.45) is 4.22. The highest BCUT2D eigenvalue weighted by Crippen LogP contribution is 2.26. The first kappa shape index (κ1) is 12.3. The van der Waals surface area contributed by atoms with Crippen molar-refractivity contribution in [3.05, 3.63) is 18.1 Å². The fourth-order valence-electron chi connectivity index (χ4n) is 2.26. The predicted molar refractivity (Wildman–Crippen MR) is 63.9 cm³/mol. The third-order valence-corrected chi connectivity index (χ3v) is 3.27. The lowest BCUT2D eigenvalue weighted by atomic mass is 9.92. The quantitative estimate of drug-likeness (QED) is 0.838. The number of aromatic nitrogens is 2. The minimum atomic E-state index is -0.729. The van der Waals surface area contributed by atoms with Crippen LogP contribution < -0.4 is 4.90 Å². The average molecular weight is 246 g/mol. The smallest absolute Gasteiger partial charge is 0.306 e. The molecule has 0 spiro atoms. The molecule has 0 saturated carbocycles. The van der Waals surface area contributed by atoms with E-state index in [0.29, 0.717) is 25.2 Å². The summed E-state index contributed by atoms with van der Waals surface area (Å²) in [6.45, 7) is 2.63. The van der Waals surface area contributed by atoms with Crippen LogP contribution in [-0.4, -0.2) is 33.6 Å². The highest BCUT2D eigenvalue weighted by molar-refractivity contribution is 5.70. The Morgan fingerprint density at radius 2 is 2.33 bits per heavy atom. The van der Waals surface area contributed by atoms with Gasteiger partial charge in [-0.05, 0) is 19.8 Å². The van der Waals surface area contributed by atoms with E-state index in [1.54, 1.807) is 6.20 Å². The van der Waals surface area contributed by atoms with Crippen LogP contribution in [0, 0.1) is 17.2 Å². The van der Waals surface area contributed by atoms with Gasteiger partial charge < -0.3 is 10.0 Å². The van der Waals surface area contributed by atoms with Gasteiger partial charge in [0.1, 0.15) is 11.9 Å². The van der Waals surface area contributed by atoms with Gasteiger partial charge in [0, 0.05) is 12.6 Å². The standard InChI is InChI=1S/C12H14N4O2/c1-8-4-9(12(17)18)2-3-16(8)11-7-14-10(5-13)6-15-11/h6-9H,2-4H2,1H3,(H,17,18). The van der Waals surface area contributed by atoms with E-state index in [1.807, 2.05) is 17.9 Å². The minimum Gasteiger partial charge on any atom is -0.481 e. The summed E-state index contributed by atoms with van der Waals surface area (Å²) in [5.41, 5.74) is 0.284. The highest BCUT2D eigenvalue weighted by Gasteiger charge is 2.30. The lowest BCUT2D eigenvalue weighted by Gasteiger charge is -2.36. The van der Waals surface area contributed by atoms with Crippen molar-refractivity contribution >= 4 is 11.8 Å². The molecule has 1 aromatic heterocycles. The molecule has 1 aliphatic heterocycles. The SMILES string of the molecule is CC1CC(C(=O)O)CCN1c1cnc(C#N)cn1. The van der Waals surface area contributed by atoms with Gasteiger partial charge >= 0.3 is 5.97 Å². The van der Waals surface area contributed by atoms with Gasteiger partial charge in [-0.15, -0.1) is 0 Å². The number of piperidine rings is 1. The van der Waals surface area contributed by atoms with Gasteiger partial charge in [0.05, 0.1) is 18.3 Å². The normalized spacial score (nSPS) is 23.4. The van der Waals surface area contributed by atoms with Crippen LogP contribution in [0.4, 0.5) is 5.82 Å². The topological polar surface area (TPSA) is 90.1 Å². The van der Waals surface area contributed by atoms with Gasteiger partial charge in [0.25, 0.3) is 0 Å². The Labute approximate surface area is 105 Å². The Kier molecular flexibility index (Phi) is 3.42. The fraction of sp³-hybridized carbons (Fsp3) is 0.500. The van der Waals surface area contributed by atoms with Gasteiger partial charge in [0.2, 0.25) is 0 Å². The Balaban J connectivity index is 2.10. The van der Waals surface area contributed by atoms with E-state index in [1.165, 1.54) is 6.20 Å². The van der Waals surface area contributed by atoms with Crippen LogP contribution in [0.3, 0.4) is 0 Å². The molecule has 0 aliphatic carbocycles. The van der Waals surface area contributed by atoms with E-state index >= 15 is 0 Å². The van der Waals surface area contributed by atoms with Gasteiger partial charge in [-0.25, -0.2) is 9.97 Å². The molecule has 1 saturated heterocycles. The van der Waals surface area contributed by atoms with Gasteiger partial charge in [0.15, 0.2) is 5.69 Å². The Hall–Kier alpha value is -2.16. The van der Waals surface area contributed by atoms with Crippen LogP contribution >= 0.6 is 0 Å². The maximum atomic E-state index is 10.9. The largest absolute Gasteiger partial charge is 0.481 e. The van der Waals surface area contributed by atoms with Gasteiger partial charge in [-0.3, -0.25) is 4.79 Å². The summed E-state index contributed by atoms with van der Waals surface area (Å²) in [5.74, 6) is -0.305. The molecule has 6 heteroatoms. The first-order valence-electron chi connectivity index (χ1n) is 5.83. The number of carboxylic acids is 1. The van der Waals surface area contributed by atoms with Crippen LogP contribution in [0.15, 0.2) is 12.4 Å². The molecule has 2 unspecified atom stereocenters. The van der Waals surface area contributed by atoms with Gasteiger partial charge in [-0.1, -0.05) is 0 Å². The van der Waals surface area contributed by atoms with Crippen LogP contribution in [0.25, 0.3) is 0 Å². The summed E-state index contributed by atoms with van der Waals surface area (Å²) in [6, 6.07) is 2.03. The maximum Gasteiger partial charge on any atom is 0.306 e. The highest BCUT2D eigenvalue weighted by atomic mass is 16.4. The summed E-state index contributed by atoms with van der Waals surface area (Å²) in [5, 5.41) is 17.7. The van der Waals surface area contributed by atoms with E-state index in [-0.39, 0.29) is 17.7 Å². The van der Waals surface area contributed by atoms with Crippen LogP contribution in [0.1, 0.15) is 25.5 Å². The molecule has 1 aromatic rings. The van der Waals surface area contributed by atoms with Crippen LogP contribution in [0.5, 0.6) is 0 Å². The van der Waals surface area contributed by atoms with Crippen molar-refractivity contribution in [1.29, 1.82) is 5.26 Å². The molecule has 1 N–H and O–H groups in total. The average Bonchev–Trinajstić information content (AvgIpc) is 2.38. The second kappa shape index (κ2) is 5.00. The number of hydrogen-bond acceptors (Lipinski definition) is 5. The second-order valence-electron chi connectivity index (χ2n) is 4.47. The maximum absolute atomic E-state index is 10.9. The summed E-state index contributed by atoms with van der Waals surface area (Å²) in [4.78, 5) is 21.1. The molecule has 2 rings (SSSR count). The minimum absolute atomic E-state index is 0.113. The number of aliphatic carboxylic acids is 1. The van der Waals surface area contributed by atoms with Crippen LogP contribution in [-0.2, 0) is 4.79 Å². The molecule has 1 fully saturated rings. The Morgan fingerprint density at radius 1 is 1.56 bits per heavy atom. The molecule has 0 aromatic carbocycles. The van der Waals surface area contributed by atoms with Crippen molar-refractivity contribution in [2.45, 2.75) is 25.8 Å². The lowest BCUT2D eigenvalue weighted by molar-refractivity contribution is -0.142. The zero-order valence-electron chi connectivity index (χ0n) is 10.1. The van der Waals surface area contributed by atoms with E-state index in [2.05, 4.69) is 9.97 Å². The monoisotopic (exact) mass is 246 g/mol. The zero-order chi connectivity index (χ0) is 13.1. The van der Waals surface area contributed by atoms with Crippen molar-refractivity contribution in [3.8, 4) is 6.07 Å². The molecule has 1 aliphatic rings. The van der Waals surface area contributed by atoms with Crippen LogP contribution in [0.2, 0.25) is 0 Å². The first-order chi connectivity index (χ1) is 8.61. The number of carbonyl (C=O) groups is 1. The fourth-order valence-corrected chi connectivity index (χ4v) is 2.26. The Bertz CT molecular complexity index is 480. The lowest BCUT2D eigenvalue weighted by Crippen LogP contribution is -2.43. The number of nitriles is 1. The van der Waals surface area contributed by atoms with Crippen molar-refractivity contribution in [2.75, 3.05) is 11.4 Å². The third-order valence-electron chi connectivity index (χ3n) is 3.27. The number of carboxylic acid groups (broad SMARTS) is 1. The number of anilines is 1. The number of nitrogens with zero attached hydrogens (tertiary/aromatic N) is 4. The first-order valence-corrected chi connectivity index (χ1v) is 5.83. The molecule has 6 nitrogen and oxygen atoms in total. The van der Waals surface area contributed by atoms with E-state index < -0.39 is 5.97 Å². The molecule has 0 amide bonds. The number of rotatable bonds is 2.